The van der Waals surface area contributed by atoms with Gasteiger partial charge in [0.25, 0.3) is 5.91 Å². The maximum Gasteiger partial charge on any atom is 0.252 e. The van der Waals surface area contributed by atoms with Crippen LogP contribution in [0.15, 0.2) is 18.2 Å². The molecule has 0 bridgehead atoms. The third kappa shape index (κ3) is 4.71. The van der Waals surface area contributed by atoms with Crippen LogP contribution in [0.5, 0.6) is 0 Å². The summed E-state index contributed by atoms with van der Waals surface area (Å²) < 4.78 is 0. The average molecular weight is 324 g/mol. The summed E-state index contributed by atoms with van der Waals surface area (Å²) in [5.41, 5.74) is 1.02. The Kier molecular flexibility index (Phi) is 6.21. The SMILES string of the molecule is CNC(=O)c1ccc(NC(=O)CCC2CCNCC2)cc1Cl. The molecule has 1 fully saturated rings. The highest BCUT2D eigenvalue weighted by atomic mass is 35.5. The molecule has 120 valence electrons. The molecule has 0 radical (unpaired) electrons. The van der Waals surface area contributed by atoms with Gasteiger partial charge in [0, 0.05) is 19.2 Å². The van der Waals surface area contributed by atoms with Crippen molar-refractivity contribution < 1.29 is 9.59 Å². The van der Waals surface area contributed by atoms with Crippen LogP contribution in [0.2, 0.25) is 5.02 Å². The van der Waals surface area contributed by atoms with E-state index in [2.05, 4.69) is 16.0 Å². The second-order valence-corrected chi connectivity index (χ2v) is 5.96. The Bertz CT molecular complexity index is 542. The van der Waals surface area contributed by atoms with E-state index in [-0.39, 0.29) is 11.8 Å². The molecule has 1 saturated heterocycles. The van der Waals surface area contributed by atoms with Crippen molar-refractivity contribution in [2.24, 2.45) is 5.92 Å². The molecule has 6 heteroatoms. The van der Waals surface area contributed by atoms with Gasteiger partial charge in [-0.25, -0.2) is 0 Å². The molecule has 1 aromatic rings. The highest BCUT2D eigenvalue weighted by Crippen LogP contribution is 2.22. The van der Waals surface area contributed by atoms with E-state index in [0.29, 0.717) is 28.6 Å². The van der Waals surface area contributed by atoms with Gasteiger partial charge in [-0.15, -0.1) is 0 Å². The number of amides is 2. The van der Waals surface area contributed by atoms with Crippen molar-refractivity contribution in [1.29, 1.82) is 0 Å². The predicted molar refractivity (Wildman–Crippen MR) is 88.3 cm³/mol. The van der Waals surface area contributed by atoms with Crippen molar-refractivity contribution in [2.45, 2.75) is 25.7 Å². The van der Waals surface area contributed by atoms with Crippen LogP contribution in [-0.4, -0.2) is 32.0 Å². The smallest absolute Gasteiger partial charge is 0.252 e. The van der Waals surface area contributed by atoms with Crippen molar-refractivity contribution >= 4 is 29.1 Å². The van der Waals surface area contributed by atoms with E-state index >= 15 is 0 Å². The van der Waals surface area contributed by atoms with Gasteiger partial charge in [-0.05, 0) is 56.5 Å². The average Bonchev–Trinajstić information content (AvgIpc) is 2.53. The molecule has 5 nitrogen and oxygen atoms in total. The number of carbonyl (C=O) groups is 2. The van der Waals surface area contributed by atoms with E-state index in [4.69, 9.17) is 11.6 Å². The fraction of sp³-hybridized carbons (Fsp3) is 0.500. The predicted octanol–water partition coefficient (Wildman–Crippen LogP) is 2.42. The molecule has 0 unspecified atom stereocenters. The molecular weight excluding hydrogens is 302 g/mol. The van der Waals surface area contributed by atoms with E-state index < -0.39 is 0 Å². The number of hydrogen-bond donors (Lipinski definition) is 3. The highest BCUT2D eigenvalue weighted by molar-refractivity contribution is 6.34. The maximum atomic E-state index is 12.0. The first-order valence-corrected chi connectivity index (χ1v) is 8.00. The normalized spacial score (nSPS) is 15.4. The molecule has 1 aliphatic heterocycles. The largest absolute Gasteiger partial charge is 0.355 e. The minimum absolute atomic E-state index is 0.0118. The van der Waals surface area contributed by atoms with Crippen LogP contribution in [0.3, 0.4) is 0 Å². The minimum Gasteiger partial charge on any atom is -0.355 e. The highest BCUT2D eigenvalue weighted by Gasteiger charge is 2.15. The zero-order valence-corrected chi connectivity index (χ0v) is 13.5. The first kappa shape index (κ1) is 16.8. The van der Waals surface area contributed by atoms with Crippen LogP contribution in [-0.2, 0) is 4.79 Å². The third-order valence-electron chi connectivity index (χ3n) is 3.96. The summed E-state index contributed by atoms with van der Waals surface area (Å²) in [7, 11) is 1.55. The number of rotatable bonds is 5. The molecule has 1 heterocycles. The van der Waals surface area contributed by atoms with Gasteiger partial charge in [-0.2, -0.15) is 0 Å². The molecule has 0 saturated carbocycles. The van der Waals surface area contributed by atoms with Crippen molar-refractivity contribution in [3.05, 3.63) is 28.8 Å². The molecule has 1 aliphatic rings. The second-order valence-electron chi connectivity index (χ2n) is 5.55. The van der Waals surface area contributed by atoms with Crippen LogP contribution < -0.4 is 16.0 Å². The van der Waals surface area contributed by atoms with Crippen LogP contribution in [0, 0.1) is 5.92 Å². The summed E-state index contributed by atoms with van der Waals surface area (Å²) in [4.78, 5) is 23.5. The van der Waals surface area contributed by atoms with Crippen molar-refractivity contribution in [3.63, 3.8) is 0 Å². The fourth-order valence-corrected chi connectivity index (χ4v) is 2.91. The van der Waals surface area contributed by atoms with Gasteiger partial charge in [-0.3, -0.25) is 9.59 Å². The van der Waals surface area contributed by atoms with Crippen molar-refractivity contribution in [3.8, 4) is 0 Å². The van der Waals surface area contributed by atoms with Gasteiger partial charge in [0.15, 0.2) is 0 Å². The Morgan fingerprint density at radius 1 is 1.32 bits per heavy atom. The first-order chi connectivity index (χ1) is 10.6. The number of anilines is 1. The number of piperidine rings is 1. The Morgan fingerprint density at radius 3 is 2.68 bits per heavy atom. The van der Waals surface area contributed by atoms with Crippen LogP contribution in [0.25, 0.3) is 0 Å². The molecule has 0 atom stereocenters. The third-order valence-corrected chi connectivity index (χ3v) is 4.28. The summed E-state index contributed by atoms with van der Waals surface area (Å²) in [5.74, 6) is 0.377. The fourth-order valence-electron chi connectivity index (χ4n) is 2.64. The van der Waals surface area contributed by atoms with Gasteiger partial charge in [-0.1, -0.05) is 11.6 Å². The van der Waals surface area contributed by atoms with Crippen molar-refractivity contribution in [2.75, 3.05) is 25.5 Å². The lowest BCUT2D eigenvalue weighted by atomic mass is 9.93. The summed E-state index contributed by atoms with van der Waals surface area (Å²) in [6, 6.07) is 4.91. The summed E-state index contributed by atoms with van der Waals surface area (Å²) >= 11 is 6.07. The van der Waals surface area contributed by atoms with Crippen LogP contribution in [0.4, 0.5) is 5.69 Å². The summed E-state index contributed by atoms with van der Waals surface area (Å²) in [5, 5.41) is 9.01. The minimum atomic E-state index is -0.242. The standard InChI is InChI=1S/C16H22ClN3O2/c1-18-16(22)13-4-3-12(10-14(13)17)20-15(21)5-2-11-6-8-19-9-7-11/h3-4,10-11,19H,2,5-9H2,1H3,(H,18,22)(H,20,21). The lowest BCUT2D eigenvalue weighted by molar-refractivity contribution is -0.116. The number of halogens is 1. The number of hydrogen-bond acceptors (Lipinski definition) is 3. The lowest BCUT2D eigenvalue weighted by Gasteiger charge is -2.22. The van der Waals surface area contributed by atoms with Gasteiger partial charge < -0.3 is 16.0 Å². The molecule has 0 aromatic heterocycles. The number of nitrogens with one attached hydrogen (secondary N) is 3. The van der Waals surface area contributed by atoms with Gasteiger partial charge >= 0.3 is 0 Å². The second kappa shape index (κ2) is 8.15. The zero-order valence-electron chi connectivity index (χ0n) is 12.7. The van der Waals surface area contributed by atoms with E-state index in [0.717, 1.165) is 32.4 Å². The zero-order chi connectivity index (χ0) is 15.9. The van der Waals surface area contributed by atoms with Crippen molar-refractivity contribution in [1.82, 2.24) is 10.6 Å². The maximum absolute atomic E-state index is 12.0. The molecule has 2 amide bonds. The quantitative estimate of drug-likeness (QED) is 0.779. The molecule has 0 aliphatic carbocycles. The van der Waals surface area contributed by atoms with Gasteiger partial charge in [0.2, 0.25) is 5.91 Å². The monoisotopic (exact) mass is 323 g/mol. The molecule has 0 spiro atoms. The Balaban J connectivity index is 1.85. The van der Waals surface area contributed by atoms with Crippen LogP contribution >= 0.6 is 11.6 Å². The first-order valence-electron chi connectivity index (χ1n) is 7.62. The molecular formula is C16H22ClN3O2. The van der Waals surface area contributed by atoms with E-state index in [1.54, 1.807) is 25.2 Å². The molecule has 1 aromatic carbocycles. The molecule has 3 N–H and O–H groups in total. The van der Waals surface area contributed by atoms with Gasteiger partial charge in [0.1, 0.15) is 0 Å². The lowest BCUT2D eigenvalue weighted by Crippen LogP contribution is -2.28. The van der Waals surface area contributed by atoms with E-state index in [1.807, 2.05) is 0 Å². The number of benzene rings is 1. The van der Waals surface area contributed by atoms with Crippen LogP contribution in [0.1, 0.15) is 36.0 Å². The Hall–Kier alpha value is -1.59. The molecule has 2 rings (SSSR count). The topological polar surface area (TPSA) is 70.2 Å². The van der Waals surface area contributed by atoms with E-state index in [1.165, 1.54) is 0 Å². The summed E-state index contributed by atoms with van der Waals surface area (Å²) in [6.07, 6.45) is 3.71. The summed E-state index contributed by atoms with van der Waals surface area (Å²) in [6.45, 7) is 2.09. The molecule has 22 heavy (non-hydrogen) atoms. The Morgan fingerprint density at radius 2 is 2.05 bits per heavy atom. The van der Waals surface area contributed by atoms with Gasteiger partial charge in [0.05, 0.1) is 10.6 Å². The Labute approximate surface area is 135 Å². The number of carbonyl (C=O) groups excluding carboxylic acids is 2. The van der Waals surface area contributed by atoms with E-state index in [9.17, 15) is 9.59 Å².